The molecule has 0 bridgehead atoms. The predicted octanol–water partition coefficient (Wildman–Crippen LogP) is 0.159. The summed E-state index contributed by atoms with van der Waals surface area (Å²) in [5.74, 6) is -0.937. The van der Waals surface area contributed by atoms with Crippen molar-refractivity contribution >= 4 is 11.9 Å². The van der Waals surface area contributed by atoms with E-state index in [1.165, 1.54) is 6.92 Å². The SMILES string of the molecule is C=C(C)C(=O)N[C@H](CO)COC(=O)C(=C)C. The molecule has 16 heavy (non-hydrogen) atoms. The molecule has 0 rings (SSSR count). The van der Waals surface area contributed by atoms with Crippen molar-refractivity contribution in [2.45, 2.75) is 19.9 Å². The first-order valence-corrected chi connectivity index (χ1v) is 4.78. The zero-order valence-electron chi connectivity index (χ0n) is 9.58. The molecule has 0 unspecified atom stereocenters. The number of hydrogen-bond acceptors (Lipinski definition) is 4. The molecule has 0 aliphatic rings. The number of ether oxygens (including phenoxy) is 1. The van der Waals surface area contributed by atoms with Gasteiger partial charge in [-0.25, -0.2) is 4.79 Å². The molecule has 0 aromatic carbocycles. The van der Waals surface area contributed by atoms with Gasteiger partial charge in [0.1, 0.15) is 6.61 Å². The van der Waals surface area contributed by atoms with Gasteiger partial charge in [-0.3, -0.25) is 4.79 Å². The minimum absolute atomic E-state index is 0.0960. The maximum absolute atomic E-state index is 11.2. The van der Waals surface area contributed by atoms with Crippen molar-refractivity contribution in [3.05, 3.63) is 24.3 Å². The molecule has 0 heterocycles. The van der Waals surface area contributed by atoms with Crippen molar-refractivity contribution in [3.8, 4) is 0 Å². The molecule has 5 nitrogen and oxygen atoms in total. The third-order valence-corrected chi connectivity index (χ3v) is 1.71. The van der Waals surface area contributed by atoms with E-state index in [1.807, 2.05) is 0 Å². The second kappa shape index (κ2) is 6.79. The van der Waals surface area contributed by atoms with Crippen LogP contribution in [-0.2, 0) is 14.3 Å². The number of carbonyl (C=O) groups is 2. The number of aliphatic hydroxyl groups is 1. The first kappa shape index (κ1) is 14.4. The van der Waals surface area contributed by atoms with Crippen LogP contribution in [0.3, 0.4) is 0 Å². The highest BCUT2D eigenvalue weighted by Gasteiger charge is 2.14. The van der Waals surface area contributed by atoms with Crippen LogP contribution >= 0.6 is 0 Å². The van der Waals surface area contributed by atoms with Gasteiger partial charge in [0.2, 0.25) is 5.91 Å². The number of hydrogen-bond donors (Lipinski definition) is 2. The zero-order chi connectivity index (χ0) is 12.7. The van der Waals surface area contributed by atoms with E-state index in [9.17, 15) is 9.59 Å². The van der Waals surface area contributed by atoms with Crippen molar-refractivity contribution in [1.29, 1.82) is 0 Å². The summed E-state index contributed by atoms with van der Waals surface area (Å²) in [4.78, 5) is 22.3. The third kappa shape index (κ3) is 5.31. The lowest BCUT2D eigenvalue weighted by molar-refractivity contribution is -0.140. The van der Waals surface area contributed by atoms with Gasteiger partial charge < -0.3 is 15.2 Å². The van der Waals surface area contributed by atoms with E-state index in [2.05, 4.69) is 18.5 Å². The highest BCUT2D eigenvalue weighted by atomic mass is 16.5. The van der Waals surface area contributed by atoms with Gasteiger partial charge in [-0.05, 0) is 13.8 Å². The van der Waals surface area contributed by atoms with Crippen LogP contribution in [0.5, 0.6) is 0 Å². The summed E-state index contributed by atoms with van der Waals surface area (Å²) in [6.45, 7) is 9.51. The fourth-order valence-corrected chi connectivity index (χ4v) is 0.748. The van der Waals surface area contributed by atoms with Gasteiger partial charge in [-0.15, -0.1) is 0 Å². The standard InChI is InChI=1S/C11H17NO4/c1-7(2)10(14)12-9(5-13)6-16-11(15)8(3)4/h9,13H,1,3,5-6H2,2,4H3,(H,12,14)/t9-/m1/s1. The van der Waals surface area contributed by atoms with E-state index in [1.54, 1.807) is 6.92 Å². The molecular weight excluding hydrogens is 210 g/mol. The number of rotatable bonds is 6. The number of esters is 1. The van der Waals surface area contributed by atoms with E-state index in [0.717, 1.165) is 0 Å². The second-order valence-corrected chi connectivity index (χ2v) is 3.51. The van der Waals surface area contributed by atoms with Crippen LogP contribution in [0.1, 0.15) is 13.8 Å². The summed E-state index contributed by atoms with van der Waals surface area (Å²) >= 11 is 0. The van der Waals surface area contributed by atoms with Crippen LogP contribution in [0, 0.1) is 0 Å². The zero-order valence-corrected chi connectivity index (χ0v) is 9.58. The largest absolute Gasteiger partial charge is 0.460 e. The van der Waals surface area contributed by atoms with E-state index >= 15 is 0 Å². The molecule has 0 saturated carbocycles. The summed E-state index contributed by atoms with van der Waals surface area (Å²) < 4.78 is 4.79. The second-order valence-electron chi connectivity index (χ2n) is 3.51. The van der Waals surface area contributed by atoms with Crippen LogP contribution in [-0.4, -0.2) is 36.2 Å². The third-order valence-electron chi connectivity index (χ3n) is 1.71. The average Bonchev–Trinajstić information content (AvgIpc) is 2.22. The van der Waals surface area contributed by atoms with Crippen molar-refractivity contribution in [3.63, 3.8) is 0 Å². The minimum atomic E-state index is -0.632. The Bertz CT molecular complexity index is 309. The Balaban J connectivity index is 4.11. The monoisotopic (exact) mass is 227 g/mol. The van der Waals surface area contributed by atoms with Crippen molar-refractivity contribution in [2.75, 3.05) is 13.2 Å². The van der Waals surface area contributed by atoms with Crippen molar-refractivity contribution < 1.29 is 19.4 Å². The first-order chi connectivity index (χ1) is 7.38. The van der Waals surface area contributed by atoms with E-state index < -0.39 is 12.0 Å². The Kier molecular flexibility index (Phi) is 6.10. The predicted molar refractivity (Wildman–Crippen MR) is 59.6 cm³/mol. The number of nitrogens with one attached hydrogen (secondary N) is 1. The molecule has 0 aliphatic heterocycles. The molecule has 5 heteroatoms. The van der Waals surface area contributed by atoms with Gasteiger partial charge in [-0.1, -0.05) is 13.2 Å². The molecule has 0 aromatic heterocycles. The van der Waals surface area contributed by atoms with Gasteiger partial charge in [0, 0.05) is 11.1 Å². The molecule has 1 amide bonds. The van der Waals surface area contributed by atoms with Crippen LogP contribution in [0.25, 0.3) is 0 Å². The maximum atomic E-state index is 11.2. The molecule has 0 spiro atoms. The molecule has 2 N–H and O–H groups in total. The van der Waals surface area contributed by atoms with E-state index in [-0.39, 0.29) is 24.7 Å². The van der Waals surface area contributed by atoms with Gasteiger partial charge >= 0.3 is 5.97 Å². The lowest BCUT2D eigenvalue weighted by Gasteiger charge is -2.16. The van der Waals surface area contributed by atoms with E-state index in [4.69, 9.17) is 9.84 Å². The Morgan fingerprint density at radius 1 is 1.31 bits per heavy atom. The van der Waals surface area contributed by atoms with Crippen molar-refractivity contribution in [2.24, 2.45) is 0 Å². The highest BCUT2D eigenvalue weighted by Crippen LogP contribution is 1.95. The molecule has 90 valence electrons. The summed E-state index contributed by atoms with van der Waals surface area (Å²) in [6.07, 6.45) is 0. The molecule has 0 aromatic rings. The quantitative estimate of drug-likeness (QED) is 0.500. The Hall–Kier alpha value is -1.62. The molecule has 0 aliphatic carbocycles. The van der Waals surface area contributed by atoms with Gasteiger partial charge in [-0.2, -0.15) is 0 Å². The topological polar surface area (TPSA) is 75.6 Å². The van der Waals surface area contributed by atoms with Gasteiger partial charge in [0.15, 0.2) is 0 Å². The lowest BCUT2D eigenvalue weighted by Crippen LogP contribution is -2.41. The summed E-state index contributed by atoms with van der Waals surface area (Å²) in [6, 6.07) is -0.632. The molecule has 0 saturated heterocycles. The first-order valence-electron chi connectivity index (χ1n) is 4.78. The highest BCUT2D eigenvalue weighted by molar-refractivity contribution is 5.92. The van der Waals surface area contributed by atoms with E-state index in [0.29, 0.717) is 5.57 Å². The fourth-order valence-electron chi connectivity index (χ4n) is 0.748. The molecule has 0 fully saturated rings. The van der Waals surface area contributed by atoms with Crippen LogP contribution in [0.2, 0.25) is 0 Å². The van der Waals surface area contributed by atoms with Gasteiger partial charge in [0.05, 0.1) is 12.6 Å². The number of aliphatic hydroxyl groups excluding tert-OH is 1. The smallest absolute Gasteiger partial charge is 0.333 e. The Morgan fingerprint density at radius 2 is 1.88 bits per heavy atom. The van der Waals surface area contributed by atoms with Crippen LogP contribution in [0.4, 0.5) is 0 Å². The minimum Gasteiger partial charge on any atom is -0.460 e. The molecule has 1 atom stereocenters. The normalized spacial score (nSPS) is 11.4. The lowest BCUT2D eigenvalue weighted by atomic mass is 10.2. The Morgan fingerprint density at radius 3 is 2.25 bits per heavy atom. The Labute approximate surface area is 94.8 Å². The van der Waals surface area contributed by atoms with Crippen molar-refractivity contribution in [1.82, 2.24) is 5.32 Å². The number of amides is 1. The van der Waals surface area contributed by atoms with Crippen LogP contribution < -0.4 is 5.32 Å². The molecule has 0 radical (unpaired) electrons. The molecular formula is C11H17NO4. The summed E-state index contributed by atoms with van der Waals surface area (Å²) in [7, 11) is 0. The summed E-state index contributed by atoms with van der Waals surface area (Å²) in [5, 5.41) is 11.4. The average molecular weight is 227 g/mol. The number of carbonyl (C=O) groups excluding carboxylic acids is 2. The fraction of sp³-hybridized carbons (Fsp3) is 0.455. The van der Waals surface area contributed by atoms with Crippen LogP contribution in [0.15, 0.2) is 24.3 Å². The van der Waals surface area contributed by atoms with Gasteiger partial charge in [0.25, 0.3) is 0 Å². The summed E-state index contributed by atoms with van der Waals surface area (Å²) in [5.41, 5.74) is 0.590. The maximum Gasteiger partial charge on any atom is 0.333 e.